The molecule has 10 nitrogen and oxygen atoms in total. The second-order valence-corrected chi connectivity index (χ2v) is 9.86. The number of carbonyl (C=O) groups is 2. The van der Waals surface area contributed by atoms with Crippen molar-refractivity contribution in [2.45, 2.75) is 19.0 Å². The Morgan fingerprint density at radius 3 is 2.37 bits per heavy atom. The van der Waals surface area contributed by atoms with Gasteiger partial charge in [-0.25, -0.2) is 17.9 Å². The van der Waals surface area contributed by atoms with E-state index in [1.54, 1.807) is 17.0 Å². The molecule has 1 N–H and O–H groups in total. The van der Waals surface area contributed by atoms with Gasteiger partial charge >= 0.3 is 5.97 Å². The zero-order valence-corrected chi connectivity index (χ0v) is 17.0. The van der Waals surface area contributed by atoms with Crippen LogP contribution in [0.15, 0.2) is 29.1 Å². The molecular weight excluding hydrogens is 412 g/mol. The molecule has 1 aromatic heterocycles. The number of carbonyl (C=O) groups excluding carboxylic acids is 1. The molecule has 2 aliphatic heterocycles. The Morgan fingerprint density at radius 2 is 1.77 bits per heavy atom. The van der Waals surface area contributed by atoms with E-state index in [1.807, 2.05) is 0 Å². The lowest BCUT2D eigenvalue weighted by molar-refractivity contribution is -0.134. The zero-order chi connectivity index (χ0) is 21.5. The molecule has 2 aliphatic rings. The van der Waals surface area contributed by atoms with Gasteiger partial charge in [-0.2, -0.15) is 5.10 Å². The monoisotopic (exact) mass is 434 g/mol. The summed E-state index contributed by atoms with van der Waals surface area (Å²) < 4.78 is 24.3. The first-order chi connectivity index (χ1) is 14.2. The van der Waals surface area contributed by atoms with Gasteiger partial charge in [-0.3, -0.25) is 14.5 Å². The lowest BCUT2D eigenvalue weighted by Crippen LogP contribution is -2.53. The van der Waals surface area contributed by atoms with Crippen LogP contribution in [0, 0.1) is 0 Å². The van der Waals surface area contributed by atoms with Gasteiger partial charge in [0.05, 0.1) is 16.9 Å². The SMILES string of the molecule is O=C(O)c1nn(CC(=O)N2CCN([C@@H]3CCS(=O)(=O)C3)CC2)c(=O)c2ccccc12. The quantitative estimate of drug-likeness (QED) is 0.677. The van der Waals surface area contributed by atoms with Crippen molar-refractivity contribution >= 4 is 32.5 Å². The molecule has 2 saturated heterocycles. The van der Waals surface area contributed by atoms with E-state index in [1.165, 1.54) is 12.1 Å². The van der Waals surface area contributed by atoms with Gasteiger partial charge in [0.2, 0.25) is 5.91 Å². The summed E-state index contributed by atoms with van der Waals surface area (Å²) in [6, 6.07) is 6.28. The number of hydrogen-bond acceptors (Lipinski definition) is 7. The third kappa shape index (κ3) is 3.94. The topological polar surface area (TPSA) is 130 Å². The molecule has 11 heteroatoms. The first-order valence-corrected chi connectivity index (χ1v) is 11.5. The van der Waals surface area contributed by atoms with Crippen LogP contribution in [0.5, 0.6) is 0 Å². The standard InChI is InChI=1S/C19H22N4O6S/c24-16(22-8-6-21(7-9-22)13-5-10-30(28,29)12-13)11-23-18(25)15-4-2-1-3-14(15)17(20-23)19(26)27/h1-4,13H,5-12H2,(H,26,27)/t13-/m1/s1. The highest BCUT2D eigenvalue weighted by Crippen LogP contribution is 2.19. The fraction of sp³-hybridized carbons (Fsp3) is 0.474. The third-order valence-electron chi connectivity index (χ3n) is 5.75. The number of rotatable bonds is 4. The van der Waals surface area contributed by atoms with Crippen LogP contribution in [0.25, 0.3) is 10.8 Å². The van der Waals surface area contributed by atoms with E-state index in [-0.39, 0.29) is 46.5 Å². The van der Waals surface area contributed by atoms with Crippen LogP contribution in [0.4, 0.5) is 0 Å². The number of aromatic nitrogens is 2. The van der Waals surface area contributed by atoms with Gasteiger partial charge < -0.3 is 10.0 Å². The smallest absolute Gasteiger partial charge is 0.357 e. The zero-order valence-electron chi connectivity index (χ0n) is 16.2. The van der Waals surface area contributed by atoms with E-state index in [4.69, 9.17) is 0 Å². The van der Waals surface area contributed by atoms with Crippen LogP contribution in [0.2, 0.25) is 0 Å². The summed E-state index contributed by atoms with van der Waals surface area (Å²) in [6.45, 7) is 1.62. The van der Waals surface area contributed by atoms with Crippen LogP contribution in [-0.4, -0.2) is 88.7 Å². The first kappa shape index (κ1) is 20.5. The maximum atomic E-state index is 12.7. The maximum absolute atomic E-state index is 12.7. The Hall–Kier alpha value is -2.79. The fourth-order valence-electron chi connectivity index (χ4n) is 4.13. The number of benzene rings is 1. The number of sulfone groups is 1. The number of aromatic carboxylic acids is 1. The number of carboxylic acid groups (broad SMARTS) is 1. The lowest BCUT2D eigenvalue weighted by atomic mass is 10.1. The Bertz CT molecular complexity index is 1170. The summed E-state index contributed by atoms with van der Waals surface area (Å²) in [5.74, 6) is -1.23. The van der Waals surface area contributed by atoms with Gasteiger partial charge in [-0.05, 0) is 12.5 Å². The highest BCUT2D eigenvalue weighted by Gasteiger charge is 2.34. The van der Waals surface area contributed by atoms with E-state index in [2.05, 4.69) is 10.00 Å². The summed E-state index contributed by atoms with van der Waals surface area (Å²) in [5.41, 5.74) is -0.788. The molecule has 0 spiro atoms. The molecule has 0 saturated carbocycles. The van der Waals surface area contributed by atoms with Crippen molar-refractivity contribution in [2.75, 3.05) is 37.7 Å². The van der Waals surface area contributed by atoms with E-state index in [9.17, 15) is 27.9 Å². The minimum Gasteiger partial charge on any atom is -0.476 e. The highest BCUT2D eigenvalue weighted by atomic mass is 32.2. The number of piperazine rings is 1. The average Bonchev–Trinajstić information content (AvgIpc) is 3.09. The fourth-order valence-corrected chi connectivity index (χ4v) is 5.89. The van der Waals surface area contributed by atoms with Gasteiger partial charge in [0.1, 0.15) is 6.54 Å². The molecule has 1 amide bonds. The molecule has 2 aromatic rings. The Balaban J connectivity index is 1.47. The van der Waals surface area contributed by atoms with Crippen LogP contribution in [0.3, 0.4) is 0 Å². The van der Waals surface area contributed by atoms with Crippen molar-refractivity contribution in [3.8, 4) is 0 Å². The minimum absolute atomic E-state index is 0.00449. The molecule has 0 bridgehead atoms. The van der Waals surface area contributed by atoms with Crippen molar-refractivity contribution in [3.63, 3.8) is 0 Å². The molecule has 1 atom stereocenters. The number of carboxylic acids is 1. The van der Waals surface area contributed by atoms with E-state index < -0.39 is 21.4 Å². The van der Waals surface area contributed by atoms with Gasteiger partial charge in [0.15, 0.2) is 15.5 Å². The van der Waals surface area contributed by atoms with E-state index in [0.717, 1.165) is 4.68 Å². The number of nitrogens with zero attached hydrogens (tertiary/aromatic N) is 4. The molecule has 30 heavy (non-hydrogen) atoms. The van der Waals surface area contributed by atoms with Crippen molar-refractivity contribution in [2.24, 2.45) is 0 Å². The van der Waals surface area contributed by atoms with Crippen molar-refractivity contribution in [1.82, 2.24) is 19.6 Å². The maximum Gasteiger partial charge on any atom is 0.357 e. The molecule has 160 valence electrons. The number of fused-ring (bicyclic) bond motifs is 1. The van der Waals surface area contributed by atoms with Crippen LogP contribution < -0.4 is 5.56 Å². The highest BCUT2D eigenvalue weighted by molar-refractivity contribution is 7.91. The predicted molar refractivity (Wildman–Crippen MR) is 108 cm³/mol. The van der Waals surface area contributed by atoms with Crippen LogP contribution in [0.1, 0.15) is 16.9 Å². The molecule has 2 fully saturated rings. The molecule has 3 heterocycles. The second kappa shape index (κ2) is 7.80. The normalized spacial score (nSPS) is 21.7. The first-order valence-electron chi connectivity index (χ1n) is 9.70. The van der Waals surface area contributed by atoms with E-state index >= 15 is 0 Å². The molecule has 1 aromatic carbocycles. The van der Waals surface area contributed by atoms with E-state index in [0.29, 0.717) is 32.6 Å². The second-order valence-electron chi connectivity index (χ2n) is 7.64. The Kier molecular flexibility index (Phi) is 5.33. The Morgan fingerprint density at radius 1 is 1.10 bits per heavy atom. The third-order valence-corrected chi connectivity index (χ3v) is 7.50. The van der Waals surface area contributed by atoms with Crippen molar-refractivity contribution in [1.29, 1.82) is 0 Å². The lowest BCUT2D eigenvalue weighted by Gasteiger charge is -2.37. The van der Waals surface area contributed by atoms with Gasteiger partial charge in [-0.15, -0.1) is 0 Å². The predicted octanol–water partition coefficient (Wildman–Crippen LogP) is -0.574. The Labute approximate surface area is 172 Å². The largest absolute Gasteiger partial charge is 0.476 e. The average molecular weight is 434 g/mol. The number of amides is 1. The molecule has 0 aliphatic carbocycles. The molecule has 0 unspecified atom stereocenters. The van der Waals surface area contributed by atoms with Crippen LogP contribution >= 0.6 is 0 Å². The van der Waals surface area contributed by atoms with Gasteiger partial charge in [0, 0.05) is 37.6 Å². The summed E-state index contributed by atoms with van der Waals surface area (Å²) in [5, 5.41) is 13.8. The summed E-state index contributed by atoms with van der Waals surface area (Å²) in [7, 11) is -2.97. The van der Waals surface area contributed by atoms with Gasteiger partial charge in [0.25, 0.3) is 5.56 Å². The molecular formula is C19H22N4O6S. The summed E-state index contributed by atoms with van der Waals surface area (Å²) in [6.07, 6.45) is 0.616. The van der Waals surface area contributed by atoms with Crippen molar-refractivity contribution < 1.29 is 23.1 Å². The molecule has 0 radical (unpaired) electrons. The van der Waals surface area contributed by atoms with Crippen LogP contribution in [-0.2, 0) is 21.2 Å². The van der Waals surface area contributed by atoms with Gasteiger partial charge in [-0.1, -0.05) is 18.2 Å². The summed E-state index contributed by atoms with van der Waals surface area (Å²) >= 11 is 0. The molecule has 4 rings (SSSR count). The number of hydrogen-bond donors (Lipinski definition) is 1. The minimum atomic E-state index is -2.97. The summed E-state index contributed by atoms with van der Waals surface area (Å²) in [4.78, 5) is 40.7. The van der Waals surface area contributed by atoms with Crippen molar-refractivity contribution in [3.05, 3.63) is 40.3 Å².